The maximum atomic E-state index is 13.2. The third-order valence-corrected chi connectivity index (χ3v) is 3.51. The minimum absolute atomic E-state index is 0.164. The van der Waals surface area contributed by atoms with Crippen LogP contribution in [0.5, 0.6) is 0 Å². The fourth-order valence-corrected chi connectivity index (χ4v) is 2.20. The molecule has 0 fully saturated rings. The third-order valence-electron chi connectivity index (χ3n) is 3.51. The summed E-state index contributed by atoms with van der Waals surface area (Å²) >= 11 is 0. The second kappa shape index (κ2) is 7.53. The van der Waals surface area contributed by atoms with Gasteiger partial charge in [0.15, 0.2) is 11.6 Å². The summed E-state index contributed by atoms with van der Waals surface area (Å²) < 4.78 is 26.1. The highest BCUT2D eigenvalue weighted by molar-refractivity contribution is 6.02. The maximum Gasteiger partial charge on any atom is 0.274 e. The van der Waals surface area contributed by atoms with Crippen LogP contribution in [-0.4, -0.2) is 10.9 Å². The zero-order chi connectivity index (χ0) is 17.6. The van der Waals surface area contributed by atoms with Gasteiger partial charge < -0.3 is 10.6 Å². The van der Waals surface area contributed by atoms with Gasteiger partial charge in [0.1, 0.15) is 5.69 Å². The third kappa shape index (κ3) is 4.38. The zero-order valence-electron chi connectivity index (χ0n) is 13.2. The quantitative estimate of drug-likeness (QED) is 0.732. The first kappa shape index (κ1) is 16.6. The highest BCUT2D eigenvalue weighted by Crippen LogP contribution is 2.15. The molecule has 0 aliphatic rings. The fraction of sp³-hybridized carbons (Fsp3) is 0.0526. The van der Waals surface area contributed by atoms with Crippen LogP contribution in [0.3, 0.4) is 0 Å². The molecular weight excluding hydrogens is 324 g/mol. The standard InChI is InChI=1S/C19H15F2N3O/c20-16-8-6-14(10-17(16)21)24-19(25)18-9-7-15(12-23-18)22-11-13-4-2-1-3-5-13/h1-10,12,22H,11H2,(H,24,25). The van der Waals surface area contributed by atoms with E-state index in [1.54, 1.807) is 18.3 Å². The molecule has 0 spiro atoms. The molecule has 3 aromatic rings. The number of pyridine rings is 1. The molecule has 4 nitrogen and oxygen atoms in total. The number of amides is 1. The molecule has 1 aromatic heterocycles. The Morgan fingerprint density at radius 2 is 1.68 bits per heavy atom. The van der Waals surface area contributed by atoms with Crippen LogP contribution in [0.15, 0.2) is 66.9 Å². The first-order valence-electron chi connectivity index (χ1n) is 7.62. The van der Waals surface area contributed by atoms with E-state index >= 15 is 0 Å². The molecule has 126 valence electrons. The van der Waals surface area contributed by atoms with Crippen molar-refractivity contribution in [3.8, 4) is 0 Å². The van der Waals surface area contributed by atoms with E-state index in [0.29, 0.717) is 6.54 Å². The van der Waals surface area contributed by atoms with Crippen molar-refractivity contribution >= 4 is 17.3 Å². The smallest absolute Gasteiger partial charge is 0.274 e. The van der Waals surface area contributed by atoms with Crippen molar-refractivity contribution in [2.24, 2.45) is 0 Å². The largest absolute Gasteiger partial charge is 0.380 e. The molecule has 0 atom stereocenters. The Kier molecular flexibility index (Phi) is 4.99. The lowest BCUT2D eigenvalue weighted by atomic mass is 10.2. The van der Waals surface area contributed by atoms with Crippen LogP contribution in [-0.2, 0) is 6.54 Å². The molecule has 1 heterocycles. The van der Waals surface area contributed by atoms with E-state index in [0.717, 1.165) is 23.4 Å². The van der Waals surface area contributed by atoms with Crippen molar-refractivity contribution < 1.29 is 13.6 Å². The van der Waals surface area contributed by atoms with E-state index in [2.05, 4.69) is 15.6 Å². The summed E-state index contributed by atoms with van der Waals surface area (Å²) in [6, 6.07) is 16.3. The van der Waals surface area contributed by atoms with Crippen molar-refractivity contribution in [3.05, 3.63) is 89.8 Å². The van der Waals surface area contributed by atoms with Crippen molar-refractivity contribution in [2.75, 3.05) is 10.6 Å². The van der Waals surface area contributed by atoms with Gasteiger partial charge in [-0.05, 0) is 29.8 Å². The molecule has 0 aliphatic carbocycles. The van der Waals surface area contributed by atoms with Crippen LogP contribution < -0.4 is 10.6 Å². The molecule has 0 unspecified atom stereocenters. The summed E-state index contributed by atoms with van der Waals surface area (Å²) in [5.41, 5.74) is 2.24. The summed E-state index contributed by atoms with van der Waals surface area (Å²) in [6.45, 7) is 0.642. The molecule has 25 heavy (non-hydrogen) atoms. The summed E-state index contributed by atoms with van der Waals surface area (Å²) in [6.07, 6.45) is 1.54. The minimum Gasteiger partial charge on any atom is -0.380 e. The summed E-state index contributed by atoms with van der Waals surface area (Å²) in [5, 5.41) is 5.68. The van der Waals surface area contributed by atoms with Gasteiger partial charge in [0, 0.05) is 18.3 Å². The molecule has 0 saturated heterocycles. The number of benzene rings is 2. The van der Waals surface area contributed by atoms with Gasteiger partial charge in [0.05, 0.1) is 11.9 Å². The van der Waals surface area contributed by atoms with Gasteiger partial charge >= 0.3 is 0 Å². The van der Waals surface area contributed by atoms with Crippen LogP contribution in [0.4, 0.5) is 20.2 Å². The molecule has 3 rings (SSSR count). The SMILES string of the molecule is O=C(Nc1ccc(F)c(F)c1)c1ccc(NCc2ccccc2)cn1. The number of nitrogens with zero attached hydrogens (tertiary/aromatic N) is 1. The second-order valence-corrected chi connectivity index (χ2v) is 5.35. The monoisotopic (exact) mass is 339 g/mol. The first-order valence-corrected chi connectivity index (χ1v) is 7.62. The van der Waals surface area contributed by atoms with Crippen LogP contribution in [0, 0.1) is 11.6 Å². The number of rotatable bonds is 5. The van der Waals surface area contributed by atoms with Gasteiger partial charge in [-0.3, -0.25) is 4.79 Å². The van der Waals surface area contributed by atoms with E-state index in [4.69, 9.17) is 0 Å². The summed E-state index contributed by atoms with van der Waals surface area (Å²) in [7, 11) is 0. The number of aromatic nitrogens is 1. The predicted octanol–water partition coefficient (Wildman–Crippen LogP) is 4.22. The zero-order valence-corrected chi connectivity index (χ0v) is 13.2. The Bertz CT molecular complexity index is 868. The topological polar surface area (TPSA) is 54.0 Å². The van der Waals surface area contributed by atoms with E-state index in [9.17, 15) is 13.6 Å². The maximum absolute atomic E-state index is 13.2. The van der Waals surface area contributed by atoms with E-state index in [1.807, 2.05) is 30.3 Å². The lowest BCUT2D eigenvalue weighted by Crippen LogP contribution is -2.14. The predicted molar refractivity (Wildman–Crippen MR) is 92.3 cm³/mol. The molecule has 1 amide bonds. The number of hydrogen-bond acceptors (Lipinski definition) is 3. The fourth-order valence-electron chi connectivity index (χ4n) is 2.20. The van der Waals surface area contributed by atoms with Crippen LogP contribution in [0.1, 0.15) is 16.1 Å². The van der Waals surface area contributed by atoms with Crippen LogP contribution in [0.2, 0.25) is 0 Å². The highest BCUT2D eigenvalue weighted by Gasteiger charge is 2.09. The molecule has 6 heteroatoms. The molecule has 0 aliphatic heterocycles. The van der Waals surface area contributed by atoms with Gasteiger partial charge in [-0.15, -0.1) is 0 Å². The number of nitrogens with one attached hydrogen (secondary N) is 2. The molecule has 0 radical (unpaired) electrons. The van der Waals surface area contributed by atoms with Crippen LogP contribution >= 0.6 is 0 Å². The highest BCUT2D eigenvalue weighted by atomic mass is 19.2. The molecule has 0 saturated carbocycles. The lowest BCUT2D eigenvalue weighted by Gasteiger charge is -2.08. The Morgan fingerprint density at radius 1 is 0.920 bits per heavy atom. The Morgan fingerprint density at radius 3 is 2.36 bits per heavy atom. The molecule has 2 aromatic carbocycles. The summed E-state index contributed by atoms with van der Waals surface area (Å²) in [5.74, 6) is -2.49. The van der Waals surface area contributed by atoms with E-state index in [1.165, 1.54) is 6.07 Å². The van der Waals surface area contributed by atoms with E-state index in [-0.39, 0.29) is 11.4 Å². The Hall–Kier alpha value is -3.28. The molecular formula is C19H15F2N3O. The van der Waals surface area contributed by atoms with Crippen molar-refractivity contribution in [2.45, 2.75) is 6.54 Å². The Labute approximate surface area is 143 Å². The van der Waals surface area contributed by atoms with Crippen LogP contribution in [0.25, 0.3) is 0 Å². The number of halogens is 2. The van der Waals surface area contributed by atoms with Gasteiger partial charge in [-0.2, -0.15) is 0 Å². The first-order chi connectivity index (χ1) is 12.1. The van der Waals surface area contributed by atoms with E-state index < -0.39 is 17.5 Å². The van der Waals surface area contributed by atoms with Crippen molar-refractivity contribution in [1.29, 1.82) is 0 Å². The normalized spacial score (nSPS) is 10.3. The number of carbonyl (C=O) groups is 1. The van der Waals surface area contributed by atoms with Gasteiger partial charge in [0.2, 0.25) is 0 Å². The number of carbonyl (C=O) groups excluding carboxylic acids is 1. The minimum atomic E-state index is -1.02. The van der Waals surface area contributed by atoms with Gasteiger partial charge in [-0.1, -0.05) is 30.3 Å². The summed E-state index contributed by atoms with van der Waals surface area (Å²) in [4.78, 5) is 16.2. The van der Waals surface area contributed by atoms with Crippen molar-refractivity contribution in [1.82, 2.24) is 4.98 Å². The van der Waals surface area contributed by atoms with Crippen molar-refractivity contribution in [3.63, 3.8) is 0 Å². The lowest BCUT2D eigenvalue weighted by molar-refractivity contribution is 0.102. The average Bonchev–Trinajstić information content (AvgIpc) is 2.64. The molecule has 0 bridgehead atoms. The second-order valence-electron chi connectivity index (χ2n) is 5.35. The molecule has 2 N–H and O–H groups in total. The van der Waals surface area contributed by atoms with Gasteiger partial charge in [-0.25, -0.2) is 13.8 Å². The Balaban J connectivity index is 1.61. The van der Waals surface area contributed by atoms with Gasteiger partial charge in [0.25, 0.3) is 5.91 Å². The number of hydrogen-bond donors (Lipinski definition) is 2. The number of anilines is 2. The average molecular weight is 339 g/mol.